The largest absolute Gasteiger partial charge is 0.488 e. The summed E-state index contributed by atoms with van der Waals surface area (Å²) in [5.74, 6) is 1.46. The molecule has 0 atom stereocenters. The first-order chi connectivity index (χ1) is 11.1. The number of nitrogens with zero attached hydrogens (tertiary/aromatic N) is 1. The summed E-state index contributed by atoms with van der Waals surface area (Å²) in [6, 6.07) is 14.4. The van der Waals surface area contributed by atoms with Crippen molar-refractivity contribution >= 4 is 28.4 Å². The van der Waals surface area contributed by atoms with E-state index in [1.165, 1.54) is 0 Å². The van der Waals surface area contributed by atoms with Gasteiger partial charge in [0.05, 0.1) is 9.26 Å². The lowest BCUT2D eigenvalue weighted by molar-refractivity contribution is 0.302. The maximum absolute atomic E-state index is 6.03. The Morgan fingerprint density at radius 1 is 1.13 bits per heavy atom. The van der Waals surface area contributed by atoms with E-state index in [2.05, 4.69) is 70.9 Å². The molecule has 3 N–H and O–H groups in total. The fourth-order valence-corrected chi connectivity index (χ4v) is 3.14. The molecule has 0 aliphatic carbocycles. The van der Waals surface area contributed by atoms with Gasteiger partial charge in [0.1, 0.15) is 12.4 Å². The van der Waals surface area contributed by atoms with Crippen molar-refractivity contribution in [1.29, 1.82) is 0 Å². The summed E-state index contributed by atoms with van der Waals surface area (Å²) in [5.41, 5.74) is 11.2. The van der Waals surface area contributed by atoms with E-state index in [1.54, 1.807) is 0 Å². The SMILES string of the molecule is Cc1cc(-c2[nH]nc(N)c2I)cc(C)c1OCc1ccccc1. The average molecular weight is 419 g/mol. The highest BCUT2D eigenvalue weighted by Gasteiger charge is 2.13. The third-order valence-corrected chi connectivity index (χ3v) is 4.80. The first-order valence-corrected chi connectivity index (χ1v) is 8.42. The van der Waals surface area contributed by atoms with Gasteiger partial charge < -0.3 is 10.5 Å². The molecule has 0 fully saturated rings. The average Bonchev–Trinajstić information content (AvgIpc) is 2.87. The number of aromatic nitrogens is 2. The normalized spacial score (nSPS) is 10.7. The van der Waals surface area contributed by atoms with E-state index in [1.807, 2.05) is 18.2 Å². The van der Waals surface area contributed by atoms with Gasteiger partial charge in [0, 0.05) is 5.56 Å². The Morgan fingerprint density at radius 3 is 2.35 bits per heavy atom. The van der Waals surface area contributed by atoms with E-state index >= 15 is 0 Å². The van der Waals surface area contributed by atoms with E-state index < -0.39 is 0 Å². The highest BCUT2D eigenvalue weighted by atomic mass is 127. The minimum Gasteiger partial charge on any atom is -0.488 e. The molecule has 3 aromatic rings. The van der Waals surface area contributed by atoms with Crippen molar-refractivity contribution in [2.45, 2.75) is 20.5 Å². The second-order valence-corrected chi connectivity index (χ2v) is 6.59. The number of hydrogen-bond acceptors (Lipinski definition) is 3. The van der Waals surface area contributed by atoms with Crippen LogP contribution in [0.3, 0.4) is 0 Å². The minimum atomic E-state index is 0.528. The van der Waals surface area contributed by atoms with Gasteiger partial charge in [0.15, 0.2) is 5.82 Å². The molecule has 0 aliphatic rings. The van der Waals surface area contributed by atoms with Gasteiger partial charge >= 0.3 is 0 Å². The second-order valence-electron chi connectivity index (χ2n) is 5.51. The fraction of sp³-hybridized carbons (Fsp3) is 0.167. The topological polar surface area (TPSA) is 63.9 Å². The van der Waals surface area contributed by atoms with Crippen LogP contribution in [0.25, 0.3) is 11.3 Å². The predicted molar refractivity (Wildman–Crippen MR) is 101 cm³/mol. The van der Waals surface area contributed by atoms with Crippen LogP contribution in [-0.2, 0) is 6.61 Å². The third-order valence-electron chi connectivity index (χ3n) is 3.71. The van der Waals surface area contributed by atoms with Gasteiger partial charge in [-0.2, -0.15) is 5.10 Å². The molecule has 1 aromatic heterocycles. The monoisotopic (exact) mass is 419 g/mol. The lowest BCUT2D eigenvalue weighted by Gasteiger charge is -2.14. The molecule has 2 aromatic carbocycles. The number of nitrogen functional groups attached to an aromatic ring is 1. The maximum Gasteiger partial charge on any atom is 0.159 e. The standard InChI is InChI=1S/C18H18IN3O/c1-11-8-14(16-15(19)18(20)22-21-16)9-12(2)17(11)23-10-13-6-4-3-5-7-13/h3-9H,10H2,1-2H3,(H3,20,21,22). The molecule has 0 amide bonds. The number of nitrogens with one attached hydrogen (secondary N) is 1. The van der Waals surface area contributed by atoms with Crippen LogP contribution in [0.5, 0.6) is 5.75 Å². The zero-order valence-electron chi connectivity index (χ0n) is 13.1. The first kappa shape index (κ1) is 15.9. The lowest BCUT2D eigenvalue weighted by atomic mass is 10.0. The number of aromatic amines is 1. The summed E-state index contributed by atoms with van der Waals surface area (Å²) in [6.45, 7) is 4.68. The van der Waals surface area contributed by atoms with Crippen LogP contribution in [-0.4, -0.2) is 10.2 Å². The molecule has 5 heteroatoms. The smallest absolute Gasteiger partial charge is 0.159 e. The minimum absolute atomic E-state index is 0.528. The van der Waals surface area contributed by atoms with E-state index in [0.29, 0.717) is 12.4 Å². The van der Waals surface area contributed by atoms with E-state index in [9.17, 15) is 0 Å². The maximum atomic E-state index is 6.03. The number of benzene rings is 2. The molecule has 0 bridgehead atoms. The molecule has 4 nitrogen and oxygen atoms in total. The molecular weight excluding hydrogens is 401 g/mol. The van der Waals surface area contributed by atoms with Gasteiger partial charge in [-0.25, -0.2) is 0 Å². The van der Waals surface area contributed by atoms with E-state index in [0.717, 1.165) is 37.3 Å². The first-order valence-electron chi connectivity index (χ1n) is 7.34. The van der Waals surface area contributed by atoms with Crippen LogP contribution in [0.4, 0.5) is 5.82 Å². The third kappa shape index (κ3) is 3.34. The van der Waals surface area contributed by atoms with Crippen LogP contribution >= 0.6 is 22.6 Å². The van der Waals surface area contributed by atoms with Crippen molar-refractivity contribution in [2.75, 3.05) is 5.73 Å². The number of halogens is 1. The van der Waals surface area contributed by atoms with Gasteiger partial charge in [0.25, 0.3) is 0 Å². The molecule has 118 valence electrons. The van der Waals surface area contributed by atoms with Crippen molar-refractivity contribution in [2.24, 2.45) is 0 Å². The number of ether oxygens (including phenoxy) is 1. The molecule has 1 heterocycles. The summed E-state index contributed by atoms with van der Waals surface area (Å²) >= 11 is 2.21. The van der Waals surface area contributed by atoms with Crippen molar-refractivity contribution in [3.63, 3.8) is 0 Å². The van der Waals surface area contributed by atoms with Crippen molar-refractivity contribution in [1.82, 2.24) is 10.2 Å². The number of H-pyrrole nitrogens is 1. The summed E-state index contributed by atoms with van der Waals surface area (Å²) in [5, 5.41) is 7.06. The van der Waals surface area contributed by atoms with Gasteiger partial charge in [-0.1, -0.05) is 30.3 Å². The van der Waals surface area contributed by atoms with Crippen LogP contribution < -0.4 is 10.5 Å². The molecule has 0 radical (unpaired) electrons. The predicted octanol–water partition coefficient (Wildman–Crippen LogP) is 4.46. The highest BCUT2D eigenvalue weighted by Crippen LogP contribution is 2.33. The quantitative estimate of drug-likeness (QED) is 0.614. The zero-order chi connectivity index (χ0) is 16.4. The van der Waals surface area contributed by atoms with Gasteiger partial charge in [-0.3, -0.25) is 5.10 Å². The van der Waals surface area contributed by atoms with Crippen molar-refractivity contribution in [3.05, 3.63) is 62.7 Å². The molecule has 3 rings (SSSR count). The molecule has 0 saturated carbocycles. The number of aryl methyl sites for hydroxylation is 2. The Hall–Kier alpha value is -2.02. The highest BCUT2D eigenvalue weighted by molar-refractivity contribution is 14.1. The molecule has 0 unspecified atom stereocenters. The number of nitrogens with two attached hydrogens (primary N) is 1. The summed E-state index contributed by atoms with van der Waals surface area (Å²) < 4.78 is 6.97. The van der Waals surface area contributed by atoms with Crippen LogP contribution in [0, 0.1) is 17.4 Å². The van der Waals surface area contributed by atoms with Crippen LogP contribution in [0.1, 0.15) is 16.7 Å². The van der Waals surface area contributed by atoms with Crippen LogP contribution in [0.15, 0.2) is 42.5 Å². The fourth-order valence-electron chi connectivity index (χ4n) is 2.59. The Kier molecular flexibility index (Phi) is 4.56. The van der Waals surface area contributed by atoms with Crippen molar-refractivity contribution in [3.8, 4) is 17.0 Å². The second kappa shape index (κ2) is 6.62. The number of hydrogen-bond donors (Lipinski definition) is 2. The summed E-state index contributed by atoms with van der Waals surface area (Å²) in [4.78, 5) is 0. The van der Waals surface area contributed by atoms with Gasteiger partial charge in [-0.15, -0.1) is 0 Å². The molecular formula is C18H18IN3O. The van der Waals surface area contributed by atoms with Crippen LogP contribution in [0.2, 0.25) is 0 Å². The Bertz CT molecular complexity index is 805. The summed E-state index contributed by atoms with van der Waals surface area (Å²) in [7, 11) is 0. The van der Waals surface area contributed by atoms with E-state index in [-0.39, 0.29) is 0 Å². The molecule has 0 spiro atoms. The molecule has 0 saturated heterocycles. The Balaban J connectivity index is 1.87. The van der Waals surface area contributed by atoms with E-state index in [4.69, 9.17) is 10.5 Å². The summed E-state index contributed by atoms with van der Waals surface area (Å²) in [6.07, 6.45) is 0. The Morgan fingerprint density at radius 2 is 1.78 bits per heavy atom. The number of rotatable bonds is 4. The molecule has 0 aliphatic heterocycles. The number of anilines is 1. The zero-order valence-corrected chi connectivity index (χ0v) is 15.2. The molecule has 23 heavy (non-hydrogen) atoms. The van der Waals surface area contributed by atoms with Crippen molar-refractivity contribution < 1.29 is 4.74 Å². The van der Waals surface area contributed by atoms with Gasteiger partial charge in [0.2, 0.25) is 0 Å². The van der Waals surface area contributed by atoms with Gasteiger partial charge in [-0.05, 0) is 65.3 Å². The Labute approximate surface area is 149 Å². The lowest BCUT2D eigenvalue weighted by Crippen LogP contribution is -1.99.